The Balaban J connectivity index is 1.45. The maximum atomic E-state index is 11.9. The van der Waals surface area contributed by atoms with Crippen LogP contribution in [0.15, 0.2) is 47.4 Å². The molecule has 1 heterocycles. The molecule has 0 saturated carbocycles. The van der Waals surface area contributed by atoms with Crippen LogP contribution in [0.2, 0.25) is 0 Å². The Bertz CT molecular complexity index is 910. The molecule has 31 heavy (non-hydrogen) atoms. The van der Waals surface area contributed by atoms with Gasteiger partial charge in [0.15, 0.2) is 0 Å². The van der Waals surface area contributed by atoms with Crippen LogP contribution >= 0.6 is 11.8 Å². The van der Waals surface area contributed by atoms with E-state index in [4.69, 9.17) is 9.47 Å². The van der Waals surface area contributed by atoms with E-state index in [0.29, 0.717) is 6.61 Å². The third kappa shape index (κ3) is 5.94. The number of nitrogens with one attached hydrogen (secondary N) is 2. The number of unbranched alkanes of at least 4 members (excludes halogenated alkanes) is 1. The van der Waals surface area contributed by atoms with Crippen LogP contribution in [0, 0.1) is 0 Å². The Morgan fingerprint density at radius 3 is 2.55 bits per heavy atom. The largest absolute Gasteiger partial charge is 0.494 e. The number of carbonyl (C=O) groups is 2. The van der Waals surface area contributed by atoms with Gasteiger partial charge < -0.3 is 14.8 Å². The number of hydrogen-bond acceptors (Lipinski definition) is 5. The predicted molar refractivity (Wildman–Crippen MR) is 125 cm³/mol. The zero-order valence-electron chi connectivity index (χ0n) is 18.3. The second kappa shape index (κ2) is 10.6. The van der Waals surface area contributed by atoms with Crippen molar-refractivity contribution in [2.75, 3.05) is 23.0 Å². The first-order valence-corrected chi connectivity index (χ1v) is 11.7. The fourth-order valence-electron chi connectivity index (χ4n) is 3.66. The number of rotatable bonds is 10. The average Bonchev–Trinajstić information content (AvgIpc) is 2.76. The van der Waals surface area contributed by atoms with Gasteiger partial charge in [0, 0.05) is 23.1 Å². The van der Waals surface area contributed by atoms with Gasteiger partial charge in [-0.05, 0) is 73.9 Å². The molecule has 0 aromatic heterocycles. The summed E-state index contributed by atoms with van der Waals surface area (Å²) in [5.74, 6) is 1.74. The zero-order valence-corrected chi connectivity index (χ0v) is 19.1. The molecule has 0 spiro atoms. The highest BCUT2D eigenvalue weighted by Gasteiger charge is 2.39. The number of fused-ring (bicyclic) bond motifs is 1. The summed E-state index contributed by atoms with van der Waals surface area (Å²) in [5, 5.41) is 5.55. The molecule has 2 N–H and O–H groups in total. The van der Waals surface area contributed by atoms with Crippen molar-refractivity contribution in [2.45, 2.75) is 57.0 Å². The topological polar surface area (TPSA) is 76.7 Å². The van der Waals surface area contributed by atoms with Crippen molar-refractivity contribution >= 4 is 35.1 Å². The molecule has 0 atom stereocenters. The standard InChI is InChI=1S/C24H30N2O4S/c1-4-24(5-2)21-16-19(10-13-22(21)26-23(28)30-24)29-14-6-7-15-31-20-11-8-18(9-12-20)25-17(3)27/h8-13,16H,4-7,14-15H2,1-3H3,(H,25,27)(H,26,28). The molecule has 6 nitrogen and oxygen atoms in total. The number of cyclic esters (lactones) is 1. The number of carbonyl (C=O) groups excluding carboxylic acids is 2. The van der Waals surface area contributed by atoms with Gasteiger partial charge in [0.1, 0.15) is 11.4 Å². The lowest BCUT2D eigenvalue weighted by Gasteiger charge is -2.37. The maximum absolute atomic E-state index is 11.9. The summed E-state index contributed by atoms with van der Waals surface area (Å²) in [6.07, 6.45) is 3.03. The van der Waals surface area contributed by atoms with E-state index in [0.717, 1.165) is 54.1 Å². The van der Waals surface area contributed by atoms with E-state index < -0.39 is 11.7 Å². The summed E-state index contributed by atoms with van der Waals surface area (Å²) >= 11 is 1.79. The summed E-state index contributed by atoms with van der Waals surface area (Å²) in [6, 6.07) is 13.7. The molecule has 0 radical (unpaired) electrons. The van der Waals surface area contributed by atoms with Crippen LogP contribution in [0.5, 0.6) is 5.75 Å². The Kier molecular flexibility index (Phi) is 7.85. The Hall–Kier alpha value is -2.67. The SMILES string of the molecule is CCC1(CC)OC(=O)Nc2ccc(OCCCCSc3ccc(NC(C)=O)cc3)cc21. The van der Waals surface area contributed by atoms with E-state index >= 15 is 0 Å². The van der Waals surface area contributed by atoms with E-state index in [-0.39, 0.29) is 5.91 Å². The number of hydrogen-bond donors (Lipinski definition) is 2. The van der Waals surface area contributed by atoms with Crippen LogP contribution in [0.4, 0.5) is 16.2 Å². The molecule has 0 bridgehead atoms. The van der Waals surface area contributed by atoms with Crippen LogP contribution < -0.4 is 15.4 Å². The normalized spacial score (nSPS) is 14.2. The first kappa shape index (κ1) is 23.0. The van der Waals surface area contributed by atoms with Gasteiger partial charge in [0.25, 0.3) is 0 Å². The van der Waals surface area contributed by atoms with Gasteiger partial charge in [-0.3, -0.25) is 10.1 Å². The number of benzene rings is 2. The molecule has 0 aliphatic carbocycles. The Morgan fingerprint density at radius 1 is 1.13 bits per heavy atom. The highest BCUT2D eigenvalue weighted by molar-refractivity contribution is 7.99. The van der Waals surface area contributed by atoms with E-state index in [1.807, 2.05) is 56.3 Å². The fraction of sp³-hybridized carbons (Fsp3) is 0.417. The third-order valence-corrected chi connectivity index (χ3v) is 6.50. The molecule has 3 rings (SSSR count). The van der Waals surface area contributed by atoms with Crippen molar-refractivity contribution in [2.24, 2.45) is 0 Å². The van der Waals surface area contributed by atoms with E-state index in [2.05, 4.69) is 10.6 Å². The molecule has 2 amide bonds. The molecule has 2 aromatic carbocycles. The summed E-state index contributed by atoms with van der Waals surface area (Å²) in [5.41, 5.74) is 2.00. The smallest absolute Gasteiger partial charge is 0.412 e. The van der Waals surface area contributed by atoms with Crippen LogP contribution in [-0.2, 0) is 15.1 Å². The van der Waals surface area contributed by atoms with Crippen LogP contribution in [0.25, 0.3) is 0 Å². The number of anilines is 2. The van der Waals surface area contributed by atoms with Crippen LogP contribution in [0.1, 0.15) is 52.0 Å². The summed E-state index contributed by atoms with van der Waals surface area (Å²) in [4.78, 5) is 24.1. The average molecular weight is 443 g/mol. The van der Waals surface area contributed by atoms with Gasteiger partial charge in [-0.25, -0.2) is 4.79 Å². The number of thioether (sulfide) groups is 1. The van der Waals surface area contributed by atoms with Crippen molar-refractivity contribution in [3.05, 3.63) is 48.0 Å². The van der Waals surface area contributed by atoms with Crippen molar-refractivity contribution in [3.63, 3.8) is 0 Å². The summed E-state index contributed by atoms with van der Waals surface area (Å²) in [6.45, 7) is 6.21. The molecule has 0 saturated heterocycles. The van der Waals surface area contributed by atoms with Crippen molar-refractivity contribution in [3.8, 4) is 5.75 Å². The quantitative estimate of drug-likeness (QED) is 0.340. The van der Waals surface area contributed by atoms with Gasteiger partial charge in [-0.15, -0.1) is 11.8 Å². The third-order valence-electron chi connectivity index (χ3n) is 5.40. The van der Waals surface area contributed by atoms with E-state index in [1.54, 1.807) is 11.8 Å². The van der Waals surface area contributed by atoms with Gasteiger partial charge in [-0.1, -0.05) is 13.8 Å². The molecule has 1 aliphatic rings. The van der Waals surface area contributed by atoms with E-state index in [9.17, 15) is 9.59 Å². The summed E-state index contributed by atoms with van der Waals surface area (Å²) in [7, 11) is 0. The molecular weight excluding hydrogens is 412 g/mol. The molecule has 1 aliphatic heterocycles. The lowest BCUT2D eigenvalue weighted by molar-refractivity contribution is -0.114. The van der Waals surface area contributed by atoms with Crippen LogP contribution in [0.3, 0.4) is 0 Å². The highest BCUT2D eigenvalue weighted by Crippen LogP contribution is 2.42. The minimum Gasteiger partial charge on any atom is -0.494 e. The van der Waals surface area contributed by atoms with E-state index in [1.165, 1.54) is 11.8 Å². The monoisotopic (exact) mass is 442 g/mol. The van der Waals surface area contributed by atoms with Gasteiger partial charge >= 0.3 is 6.09 Å². The van der Waals surface area contributed by atoms with Gasteiger partial charge in [0.05, 0.1) is 12.3 Å². The molecule has 0 unspecified atom stereocenters. The second-order valence-electron chi connectivity index (χ2n) is 7.53. The fourth-order valence-corrected chi connectivity index (χ4v) is 4.58. The molecular formula is C24H30N2O4S. The second-order valence-corrected chi connectivity index (χ2v) is 8.70. The highest BCUT2D eigenvalue weighted by atomic mass is 32.2. The minimum absolute atomic E-state index is 0.0633. The number of amides is 2. The van der Waals surface area contributed by atoms with Crippen molar-refractivity contribution in [1.82, 2.24) is 0 Å². The maximum Gasteiger partial charge on any atom is 0.412 e. The first-order chi connectivity index (χ1) is 15.0. The lowest BCUT2D eigenvalue weighted by atomic mass is 9.86. The molecule has 7 heteroatoms. The van der Waals surface area contributed by atoms with Crippen LogP contribution in [-0.4, -0.2) is 24.4 Å². The predicted octanol–water partition coefficient (Wildman–Crippen LogP) is 6.17. The molecule has 166 valence electrons. The lowest BCUT2D eigenvalue weighted by Crippen LogP contribution is -2.38. The zero-order chi connectivity index (χ0) is 22.3. The van der Waals surface area contributed by atoms with Crippen molar-refractivity contribution in [1.29, 1.82) is 0 Å². The van der Waals surface area contributed by atoms with Gasteiger partial charge in [0.2, 0.25) is 5.91 Å². The first-order valence-electron chi connectivity index (χ1n) is 10.7. The Morgan fingerprint density at radius 2 is 1.87 bits per heavy atom. The summed E-state index contributed by atoms with van der Waals surface area (Å²) < 4.78 is 11.6. The minimum atomic E-state index is -0.594. The van der Waals surface area contributed by atoms with Gasteiger partial charge in [-0.2, -0.15) is 0 Å². The number of ether oxygens (including phenoxy) is 2. The molecule has 0 fully saturated rings. The molecule has 2 aromatic rings. The van der Waals surface area contributed by atoms with Crippen molar-refractivity contribution < 1.29 is 19.1 Å². The Labute approximate surface area is 188 Å².